The van der Waals surface area contributed by atoms with Crippen molar-refractivity contribution in [1.82, 2.24) is 25.3 Å². The van der Waals surface area contributed by atoms with E-state index in [1.165, 1.54) is 11.6 Å². The van der Waals surface area contributed by atoms with Gasteiger partial charge in [-0.2, -0.15) is 5.26 Å². The quantitative estimate of drug-likeness (QED) is 0.491. The standard InChI is InChI=1S/C32H44N6O4/c1-4-26(39)38-18-17-37(19-23(38)12-15-33)30-25-11-14-32(13-10-22-8-5-7-21(2)28(22)42-32)29(40)27(25)34-31(35-30)41-20-24-9-6-16-36(24)3/h4-5,7-8,23-25,27,30-31,34-35H,1,6,9-14,16-20H2,2-3H3/t23?,24?,25?,27?,30?,31?,32-/m0/s1. The summed E-state index contributed by atoms with van der Waals surface area (Å²) in [6.07, 6.45) is 6.18. The Labute approximate surface area is 249 Å². The maximum atomic E-state index is 14.5. The first-order chi connectivity index (χ1) is 20.3. The Morgan fingerprint density at radius 3 is 2.86 bits per heavy atom. The summed E-state index contributed by atoms with van der Waals surface area (Å²) in [6.45, 7) is 9.05. The number of ketones is 1. The van der Waals surface area contributed by atoms with Crippen molar-refractivity contribution in [3.05, 3.63) is 42.0 Å². The number of amides is 1. The first-order valence-corrected chi connectivity index (χ1v) is 15.5. The minimum absolute atomic E-state index is 0.00314. The molecule has 0 bridgehead atoms. The number of Topliss-reactive ketones (excluding diaryl/α,β-unsaturated/α-hetero) is 1. The van der Waals surface area contributed by atoms with Gasteiger partial charge in [0.1, 0.15) is 5.75 Å². The van der Waals surface area contributed by atoms with Gasteiger partial charge in [-0.15, -0.1) is 0 Å². The van der Waals surface area contributed by atoms with Gasteiger partial charge in [0.05, 0.1) is 37.3 Å². The van der Waals surface area contributed by atoms with Crippen molar-refractivity contribution < 1.29 is 19.1 Å². The highest BCUT2D eigenvalue weighted by Crippen LogP contribution is 2.44. The van der Waals surface area contributed by atoms with Crippen LogP contribution in [-0.2, 0) is 20.7 Å². The van der Waals surface area contributed by atoms with Crippen molar-refractivity contribution in [2.45, 2.75) is 88.1 Å². The lowest BCUT2D eigenvalue weighted by Gasteiger charge is -2.55. The van der Waals surface area contributed by atoms with E-state index in [2.05, 4.69) is 52.3 Å². The van der Waals surface area contributed by atoms with Gasteiger partial charge in [-0.05, 0) is 76.2 Å². The fraction of sp³-hybridized carbons (Fsp3) is 0.656. The number of ether oxygens (including phenoxy) is 2. The molecule has 1 spiro atoms. The molecule has 1 aliphatic carbocycles. The van der Waals surface area contributed by atoms with Crippen LogP contribution in [-0.4, -0.2) is 102 Å². The average molecular weight is 577 g/mol. The summed E-state index contributed by atoms with van der Waals surface area (Å²) in [4.78, 5) is 33.4. The zero-order chi connectivity index (χ0) is 29.4. The smallest absolute Gasteiger partial charge is 0.246 e. The lowest BCUT2D eigenvalue weighted by Crippen LogP contribution is -2.76. The number of piperazine rings is 1. The lowest BCUT2D eigenvalue weighted by molar-refractivity contribution is -0.160. The Hall–Kier alpha value is -2.81. The summed E-state index contributed by atoms with van der Waals surface area (Å²) >= 11 is 0. The van der Waals surface area contributed by atoms with E-state index in [1.54, 1.807) is 4.90 Å². The van der Waals surface area contributed by atoms with Crippen LogP contribution >= 0.6 is 0 Å². The third kappa shape index (κ3) is 5.38. The van der Waals surface area contributed by atoms with E-state index >= 15 is 0 Å². The summed E-state index contributed by atoms with van der Waals surface area (Å²) in [7, 11) is 2.13. The predicted molar refractivity (Wildman–Crippen MR) is 157 cm³/mol. The van der Waals surface area contributed by atoms with Crippen molar-refractivity contribution in [3.8, 4) is 11.8 Å². The minimum atomic E-state index is -0.843. The Bertz CT molecular complexity index is 1250. The molecular weight excluding hydrogens is 532 g/mol. The van der Waals surface area contributed by atoms with Crippen LogP contribution in [0.2, 0.25) is 0 Å². The zero-order valence-corrected chi connectivity index (χ0v) is 24.9. The molecule has 1 aromatic rings. The van der Waals surface area contributed by atoms with Crippen molar-refractivity contribution in [2.24, 2.45) is 5.92 Å². The van der Waals surface area contributed by atoms with Gasteiger partial charge in [0.2, 0.25) is 5.91 Å². The van der Waals surface area contributed by atoms with E-state index < -0.39 is 18.0 Å². The second kappa shape index (κ2) is 12.1. The van der Waals surface area contributed by atoms with Gasteiger partial charge in [-0.3, -0.25) is 25.1 Å². The minimum Gasteiger partial charge on any atom is -0.479 e. The molecule has 10 heteroatoms. The summed E-state index contributed by atoms with van der Waals surface area (Å²) in [5.41, 5.74) is 1.39. The fourth-order valence-electron chi connectivity index (χ4n) is 7.87. The number of rotatable bonds is 6. The van der Waals surface area contributed by atoms with Crippen LogP contribution in [0.25, 0.3) is 0 Å². The first kappa shape index (κ1) is 29.3. The summed E-state index contributed by atoms with van der Waals surface area (Å²) < 4.78 is 13.1. The third-order valence-corrected chi connectivity index (χ3v) is 10.3. The summed E-state index contributed by atoms with van der Waals surface area (Å²) in [5, 5.41) is 16.8. The van der Waals surface area contributed by atoms with Gasteiger partial charge < -0.3 is 19.3 Å². The molecule has 1 saturated carbocycles. The van der Waals surface area contributed by atoms with Gasteiger partial charge in [0, 0.05) is 31.6 Å². The van der Waals surface area contributed by atoms with Gasteiger partial charge in [0.15, 0.2) is 17.7 Å². The highest BCUT2D eigenvalue weighted by molar-refractivity contribution is 5.94. The number of fused-ring (bicyclic) bond motifs is 2. The Kier molecular flexibility index (Phi) is 8.40. The molecule has 2 N–H and O–H groups in total. The number of carbonyl (C=O) groups is 2. The number of benzene rings is 1. The van der Waals surface area contributed by atoms with Crippen LogP contribution in [0.3, 0.4) is 0 Å². The number of para-hydroxylation sites is 1. The van der Waals surface area contributed by atoms with E-state index in [9.17, 15) is 14.9 Å². The number of nitrogens with zero attached hydrogens (tertiary/aromatic N) is 4. The van der Waals surface area contributed by atoms with Gasteiger partial charge >= 0.3 is 0 Å². The molecule has 0 radical (unpaired) electrons. The number of carbonyl (C=O) groups excluding carboxylic acids is 2. The van der Waals surface area contributed by atoms with E-state index in [1.807, 2.05) is 13.0 Å². The molecule has 4 aliphatic heterocycles. The second-order valence-electron chi connectivity index (χ2n) is 12.7. The zero-order valence-electron chi connectivity index (χ0n) is 24.9. The van der Waals surface area contributed by atoms with Crippen molar-refractivity contribution >= 4 is 11.7 Å². The highest BCUT2D eigenvalue weighted by Gasteiger charge is 2.56. The van der Waals surface area contributed by atoms with E-state index in [0.29, 0.717) is 45.1 Å². The fourth-order valence-corrected chi connectivity index (χ4v) is 7.87. The van der Waals surface area contributed by atoms with Crippen LogP contribution in [0.4, 0.5) is 0 Å². The van der Waals surface area contributed by atoms with Gasteiger partial charge in [0.25, 0.3) is 0 Å². The molecule has 1 aromatic carbocycles. The molecule has 3 saturated heterocycles. The van der Waals surface area contributed by atoms with Crippen LogP contribution < -0.4 is 15.4 Å². The Morgan fingerprint density at radius 2 is 2.10 bits per heavy atom. The topological polar surface area (TPSA) is 110 Å². The number of hydrogen-bond acceptors (Lipinski definition) is 9. The molecule has 4 heterocycles. The maximum Gasteiger partial charge on any atom is 0.246 e. The number of hydrogen-bond donors (Lipinski definition) is 2. The molecule has 1 amide bonds. The lowest BCUT2D eigenvalue weighted by atomic mass is 9.69. The summed E-state index contributed by atoms with van der Waals surface area (Å²) in [6, 6.07) is 8.16. The molecule has 4 fully saturated rings. The molecule has 0 aromatic heterocycles. The van der Waals surface area contributed by atoms with Crippen molar-refractivity contribution in [1.29, 1.82) is 5.26 Å². The summed E-state index contributed by atoms with van der Waals surface area (Å²) in [5.74, 6) is 0.830. The molecule has 6 unspecified atom stereocenters. The number of likely N-dealkylation sites (tertiary alicyclic amines) is 1. The van der Waals surface area contributed by atoms with Crippen LogP contribution in [0.15, 0.2) is 30.9 Å². The van der Waals surface area contributed by atoms with Crippen LogP contribution in [0, 0.1) is 24.2 Å². The van der Waals surface area contributed by atoms with E-state index in [-0.39, 0.29) is 36.2 Å². The highest BCUT2D eigenvalue weighted by atomic mass is 16.5. The normalized spacial score (nSPS) is 35.3. The number of aryl methyl sites for hydroxylation is 2. The van der Waals surface area contributed by atoms with Gasteiger partial charge in [-0.25, -0.2) is 0 Å². The molecule has 42 heavy (non-hydrogen) atoms. The molecule has 5 aliphatic rings. The van der Waals surface area contributed by atoms with Crippen molar-refractivity contribution in [2.75, 3.05) is 39.8 Å². The number of likely N-dealkylation sites (N-methyl/N-ethyl adjacent to an activating group) is 1. The molecule has 7 atom stereocenters. The predicted octanol–water partition coefficient (Wildman–Crippen LogP) is 1.93. The van der Waals surface area contributed by atoms with Gasteiger partial charge in [-0.1, -0.05) is 24.8 Å². The third-order valence-electron chi connectivity index (χ3n) is 10.3. The SMILES string of the molecule is C=CC(=O)N1CCN(C2NC(OCC3CCCN3C)NC3C(=O)[C@]4(CCc5cccc(C)c5O4)CCC32)CC1CC#N. The molecule has 226 valence electrons. The molecule has 6 rings (SSSR count). The Morgan fingerprint density at radius 1 is 1.24 bits per heavy atom. The van der Waals surface area contributed by atoms with E-state index in [0.717, 1.165) is 43.5 Å². The van der Waals surface area contributed by atoms with Crippen LogP contribution in [0.1, 0.15) is 49.7 Å². The van der Waals surface area contributed by atoms with Crippen molar-refractivity contribution in [3.63, 3.8) is 0 Å². The van der Waals surface area contributed by atoms with Crippen LogP contribution in [0.5, 0.6) is 5.75 Å². The Balaban J connectivity index is 1.25. The van der Waals surface area contributed by atoms with E-state index in [4.69, 9.17) is 9.47 Å². The second-order valence-corrected chi connectivity index (χ2v) is 12.7. The average Bonchev–Trinajstić information content (AvgIpc) is 3.42. The first-order valence-electron chi connectivity index (χ1n) is 15.5. The largest absolute Gasteiger partial charge is 0.479 e. The monoisotopic (exact) mass is 576 g/mol. The number of nitrogens with one attached hydrogen (secondary N) is 2. The number of nitriles is 1. The maximum absolute atomic E-state index is 14.5. The molecular formula is C32H44N6O4. The molecule has 10 nitrogen and oxygen atoms in total.